The van der Waals surface area contributed by atoms with Gasteiger partial charge in [-0.15, -0.1) is 11.3 Å². The molecule has 0 bridgehead atoms. The molecule has 0 spiro atoms. The number of phenolic OH excluding ortho intramolecular Hbond substituents is 1. The lowest BCUT2D eigenvalue weighted by Gasteiger charge is -2.18. The monoisotopic (exact) mass is 410 g/mol. The van der Waals surface area contributed by atoms with Gasteiger partial charge in [0.15, 0.2) is 0 Å². The number of carbonyl (C=O) groups is 1. The molecule has 4 rings (SSSR count). The van der Waals surface area contributed by atoms with Crippen molar-refractivity contribution in [3.63, 3.8) is 0 Å². The van der Waals surface area contributed by atoms with E-state index >= 15 is 0 Å². The Balaban J connectivity index is 1.57. The fourth-order valence-corrected chi connectivity index (χ4v) is 4.94. The van der Waals surface area contributed by atoms with E-state index in [1.54, 1.807) is 36.5 Å². The van der Waals surface area contributed by atoms with E-state index in [1.165, 1.54) is 28.1 Å². The van der Waals surface area contributed by atoms with E-state index < -0.39 is 11.9 Å². The minimum Gasteiger partial charge on any atom is -0.507 e. The summed E-state index contributed by atoms with van der Waals surface area (Å²) in [4.78, 5) is 32.0. The topological polar surface area (TPSA) is 96.6 Å². The summed E-state index contributed by atoms with van der Waals surface area (Å²) in [6.45, 7) is 3.86. The third-order valence-corrected chi connectivity index (χ3v) is 6.52. The van der Waals surface area contributed by atoms with Crippen LogP contribution in [0.25, 0.3) is 10.2 Å². The van der Waals surface area contributed by atoms with Crippen molar-refractivity contribution in [2.24, 2.45) is 11.0 Å². The van der Waals surface area contributed by atoms with Crippen LogP contribution in [0.4, 0.5) is 0 Å². The van der Waals surface area contributed by atoms with Gasteiger partial charge in [-0.1, -0.05) is 19.1 Å². The predicted molar refractivity (Wildman–Crippen MR) is 114 cm³/mol. The van der Waals surface area contributed by atoms with E-state index in [-0.39, 0.29) is 11.3 Å². The Morgan fingerprint density at radius 1 is 1.45 bits per heavy atom. The first-order chi connectivity index (χ1) is 14.0. The summed E-state index contributed by atoms with van der Waals surface area (Å²) >= 11 is 1.59. The number of nitrogens with one attached hydrogen (secondary N) is 1. The molecule has 3 aromatic rings. The summed E-state index contributed by atoms with van der Waals surface area (Å²) in [7, 11) is 0. The second-order valence-electron chi connectivity index (χ2n) is 7.46. The van der Waals surface area contributed by atoms with Crippen molar-refractivity contribution in [2.75, 3.05) is 0 Å². The molecule has 150 valence electrons. The number of carbonyl (C=O) groups excluding carboxylic acids is 1. The number of hydrogen-bond donors (Lipinski definition) is 2. The van der Waals surface area contributed by atoms with E-state index in [0.29, 0.717) is 16.9 Å². The number of thiophene rings is 1. The zero-order chi connectivity index (χ0) is 20.5. The van der Waals surface area contributed by atoms with Crippen molar-refractivity contribution < 1.29 is 9.90 Å². The Bertz CT molecular complexity index is 1160. The van der Waals surface area contributed by atoms with Gasteiger partial charge in [0.25, 0.3) is 11.5 Å². The van der Waals surface area contributed by atoms with Gasteiger partial charge in [-0.3, -0.25) is 14.2 Å². The number of phenols is 1. The van der Waals surface area contributed by atoms with E-state index in [2.05, 4.69) is 22.4 Å². The maximum Gasteiger partial charge on any atom is 0.263 e. The summed E-state index contributed by atoms with van der Waals surface area (Å²) in [5, 5.41) is 14.3. The maximum atomic E-state index is 13.1. The zero-order valence-corrected chi connectivity index (χ0v) is 17.1. The van der Waals surface area contributed by atoms with Crippen molar-refractivity contribution >= 4 is 33.7 Å². The van der Waals surface area contributed by atoms with Crippen molar-refractivity contribution in [3.8, 4) is 5.75 Å². The average Bonchev–Trinajstić information content (AvgIpc) is 3.07. The Morgan fingerprint density at radius 3 is 3.03 bits per heavy atom. The molecule has 29 heavy (non-hydrogen) atoms. The molecule has 7 nitrogen and oxygen atoms in total. The fraction of sp³-hybridized carbons (Fsp3) is 0.333. The Kier molecular flexibility index (Phi) is 5.19. The Labute approximate surface area is 171 Å². The number of para-hydroxylation sites is 1. The fourth-order valence-electron chi connectivity index (χ4n) is 3.60. The molecule has 1 amide bonds. The van der Waals surface area contributed by atoms with Crippen LogP contribution >= 0.6 is 11.3 Å². The molecule has 0 saturated carbocycles. The van der Waals surface area contributed by atoms with Crippen LogP contribution < -0.4 is 11.0 Å². The first-order valence-corrected chi connectivity index (χ1v) is 10.4. The van der Waals surface area contributed by atoms with Crippen LogP contribution in [0.3, 0.4) is 0 Å². The van der Waals surface area contributed by atoms with Gasteiger partial charge in [-0.2, -0.15) is 5.10 Å². The zero-order valence-electron chi connectivity index (χ0n) is 16.3. The molecule has 0 aliphatic heterocycles. The Hall–Kier alpha value is -3.00. The summed E-state index contributed by atoms with van der Waals surface area (Å²) in [5.41, 5.74) is 3.83. The summed E-state index contributed by atoms with van der Waals surface area (Å²) in [5.74, 6) is 0.253. The number of hydrogen-bond acceptors (Lipinski definition) is 6. The average molecular weight is 410 g/mol. The van der Waals surface area contributed by atoms with E-state index in [0.717, 1.165) is 29.7 Å². The van der Waals surface area contributed by atoms with Gasteiger partial charge in [0.05, 0.1) is 17.9 Å². The molecule has 2 unspecified atom stereocenters. The highest BCUT2D eigenvalue weighted by atomic mass is 32.1. The SMILES string of the molecule is CC1CCc2c(sc3ncn(C(C)C(=O)N/N=C\c4ccccc4O)c(=O)c23)C1. The van der Waals surface area contributed by atoms with Gasteiger partial charge in [0.1, 0.15) is 16.6 Å². The highest BCUT2D eigenvalue weighted by Gasteiger charge is 2.25. The maximum absolute atomic E-state index is 13.1. The molecule has 1 aromatic carbocycles. The van der Waals surface area contributed by atoms with Crippen LogP contribution in [0.1, 0.15) is 42.3 Å². The lowest BCUT2D eigenvalue weighted by Crippen LogP contribution is -2.34. The van der Waals surface area contributed by atoms with Crippen molar-refractivity contribution in [1.82, 2.24) is 15.0 Å². The molecule has 2 atom stereocenters. The van der Waals surface area contributed by atoms with Crippen molar-refractivity contribution in [3.05, 3.63) is 57.0 Å². The van der Waals surface area contributed by atoms with Gasteiger partial charge in [-0.25, -0.2) is 10.4 Å². The number of aryl methyl sites for hydroxylation is 1. The quantitative estimate of drug-likeness (QED) is 0.510. The second kappa shape index (κ2) is 7.79. The second-order valence-corrected chi connectivity index (χ2v) is 8.54. The van der Waals surface area contributed by atoms with Crippen LogP contribution in [0.5, 0.6) is 5.75 Å². The minimum atomic E-state index is -0.765. The van der Waals surface area contributed by atoms with Gasteiger partial charge in [0, 0.05) is 10.4 Å². The molecule has 0 radical (unpaired) electrons. The first-order valence-electron chi connectivity index (χ1n) is 9.58. The number of amides is 1. The molecule has 2 heterocycles. The third kappa shape index (κ3) is 3.67. The van der Waals surface area contributed by atoms with Gasteiger partial charge >= 0.3 is 0 Å². The molecule has 1 aliphatic carbocycles. The minimum absolute atomic E-state index is 0.0703. The molecular weight excluding hydrogens is 388 g/mol. The van der Waals surface area contributed by atoms with E-state index in [9.17, 15) is 14.7 Å². The normalized spacial score (nSPS) is 17.4. The highest BCUT2D eigenvalue weighted by Crippen LogP contribution is 2.35. The standard InChI is InChI=1S/C21H22N4O3S/c1-12-7-8-15-17(9-12)29-20-18(15)21(28)25(11-22-20)13(2)19(27)24-23-10-14-5-3-4-6-16(14)26/h3-6,10-13,26H,7-9H2,1-2H3,(H,24,27)/b23-10-. The summed E-state index contributed by atoms with van der Waals surface area (Å²) in [6.07, 6.45) is 5.72. The molecular formula is C21H22N4O3S. The number of benzene rings is 1. The number of nitrogens with zero attached hydrogens (tertiary/aromatic N) is 3. The number of fused-ring (bicyclic) bond motifs is 3. The lowest BCUT2D eigenvalue weighted by molar-refractivity contribution is -0.123. The summed E-state index contributed by atoms with van der Waals surface area (Å²) < 4.78 is 1.36. The van der Waals surface area contributed by atoms with Crippen molar-refractivity contribution in [2.45, 2.75) is 39.2 Å². The molecule has 8 heteroatoms. The molecule has 2 aromatic heterocycles. The van der Waals surface area contributed by atoms with Gasteiger partial charge < -0.3 is 5.11 Å². The molecule has 2 N–H and O–H groups in total. The van der Waals surface area contributed by atoms with Crippen LogP contribution in [-0.2, 0) is 17.6 Å². The van der Waals surface area contributed by atoms with E-state index in [4.69, 9.17) is 0 Å². The first kappa shape index (κ1) is 19.3. The molecule has 0 fully saturated rings. The number of aromatic nitrogens is 2. The number of hydrazone groups is 1. The predicted octanol–water partition coefficient (Wildman–Crippen LogP) is 3.00. The highest BCUT2D eigenvalue weighted by molar-refractivity contribution is 7.18. The largest absolute Gasteiger partial charge is 0.507 e. The third-order valence-electron chi connectivity index (χ3n) is 5.35. The number of aromatic hydroxyl groups is 1. The summed E-state index contributed by atoms with van der Waals surface area (Å²) in [6, 6.07) is 5.91. The van der Waals surface area contributed by atoms with Crippen LogP contribution in [0.2, 0.25) is 0 Å². The molecule has 1 aliphatic rings. The van der Waals surface area contributed by atoms with Gasteiger partial charge in [-0.05, 0) is 49.8 Å². The molecule has 0 saturated heterocycles. The van der Waals surface area contributed by atoms with Gasteiger partial charge in [0.2, 0.25) is 0 Å². The number of rotatable bonds is 4. The van der Waals surface area contributed by atoms with Crippen LogP contribution in [-0.4, -0.2) is 26.8 Å². The van der Waals surface area contributed by atoms with E-state index in [1.807, 2.05) is 0 Å². The van der Waals surface area contributed by atoms with Crippen LogP contribution in [0.15, 0.2) is 40.5 Å². The Morgan fingerprint density at radius 2 is 2.24 bits per heavy atom. The van der Waals surface area contributed by atoms with Crippen molar-refractivity contribution in [1.29, 1.82) is 0 Å². The van der Waals surface area contributed by atoms with Crippen LogP contribution in [0, 0.1) is 5.92 Å². The lowest BCUT2D eigenvalue weighted by atomic mass is 9.89. The smallest absolute Gasteiger partial charge is 0.263 e.